The van der Waals surface area contributed by atoms with Gasteiger partial charge in [-0.3, -0.25) is 15.0 Å². The number of pyridine rings is 1. The Morgan fingerprint density at radius 2 is 0.918 bits per heavy atom. The first-order valence-corrected chi connectivity index (χ1v) is 29.5. The van der Waals surface area contributed by atoms with Crippen molar-refractivity contribution in [2.45, 2.75) is 92.9 Å². The first kappa shape index (κ1) is 55.3. The molecule has 0 saturated carbocycles. The zero-order valence-corrected chi connectivity index (χ0v) is 51.8. The molecule has 0 N–H and O–H groups in total. The number of aryl methyl sites for hydroxylation is 2. The van der Waals surface area contributed by atoms with Crippen LogP contribution in [0.1, 0.15) is 113 Å². The van der Waals surface area contributed by atoms with E-state index in [0.717, 1.165) is 94.1 Å². The van der Waals surface area contributed by atoms with Crippen LogP contribution >= 0.6 is 0 Å². The van der Waals surface area contributed by atoms with E-state index in [4.69, 9.17) is 24.1 Å². The van der Waals surface area contributed by atoms with E-state index in [9.17, 15) is 0 Å². The third kappa shape index (κ3) is 9.54. The Hall–Kier alpha value is -8.90. The number of imidazole rings is 2. The Morgan fingerprint density at radius 3 is 1.48 bits per heavy atom. The second kappa shape index (κ2) is 21.9. The fourth-order valence-corrected chi connectivity index (χ4v) is 12.8. The number of rotatable bonds is 12. The number of furan rings is 1. The van der Waals surface area contributed by atoms with E-state index in [2.05, 4.69) is 266 Å². The van der Waals surface area contributed by atoms with Crippen molar-refractivity contribution in [3.8, 4) is 67.9 Å². The molecule has 14 aromatic rings. The van der Waals surface area contributed by atoms with Gasteiger partial charge in [0, 0.05) is 50.4 Å². The van der Waals surface area contributed by atoms with Crippen molar-refractivity contribution in [1.29, 1.82) is 0 Å². The summed E-state index contributed by atoms with van der Waals surface area (Å²) >= 11 is 0. The fourth-order valence-electron chi connectivity index (χ4n) is 12.8. The van der Waals surface area contributed by atoms with Crippen molar-refractivity contribution in [1.82, 2.24) is 24.1 Å². The van der Waals surface area contributed by atoms with Crippen molar-refractivity contribution in [3.63, 3.8) is 0 Å². The van der Waals surface area contributed by atoms with Gasteiger partial charge in [-0.15, -0.1) is 23.8 Å². The van der Waals surface area contributed by atoms with Crippen LogP contribution in [-0.2, 0) is 21.1 Å². The molecule has 8 heteroatoms. The molecule has 0 aliphatic carbocycles. The molecule has 0 fully saturated rings. The van der Waals surface area contributed by atoms with Gasteiger partial charge >= 0.3 is 21.1 Å². The van der Waals surface area contributed by atoms with Crippen LogP contribution in [-0.4, -0.2) is 24.1 Å². The minimum Gasteiger partial charge on any atom is -0.500 e. The Kier molecular flexibility index (Phi) is 14.3. The molecule has 10 aromatic carbocycles. The number of fused-ring (bicyclic) bond motifs is 9. The van der Waals surface area contributed by atoms with E-state index in [1.165, 1.54) is 44.5 Å². The smallest absolute Gasteiger partial charge is 0.500 e. The van der Waals surface area contributed by atoms with Gasteiger partial charge in [0.2, 0.25) is 0 Å². The minimum absolute atomic E-state index is 0. The minimum atomic E-state index is 0. The normalized spacial score (nSPS) is 12.0. The molecule has 0 bridgehead atoms. The maximum Gasteiger partial charge on any atom is 2.00 e. The van der Waals surface area contributed by atoms with Crippen LogP contribution in [0.2, 0.25) is 0 Å². The molecule has 0 unspecified atom stereocenters. The van der Waals surface area contributed by atoms with Crippen LogP contribution < -0.4 is 4.74 Å². The third-order valence-electron chi connectivity index (χ3n) is 16.8. The Morgan fingerprint density at radius 1 is 0.424 bits per heavy atom. The number of hydrogen-bond acceptors (Lipinski definition) is 5. The molecule has 85 heavy (non-hydrogen) atoms. The monoisotopic (exact) mass is 1290 g/mol. The van der Waals surface area contributed by atoms with Gasteiger partial charge in [-0.25, -0.2) is 0 Å². The number of hydrogen-bond donors (Lipinski definition) is 0. The van der Waals surface area contributed by atoms with Gasteiger partial charge in [0.25, 0.3) is 0 Å². The average Bonchev–Trinajstić information content (AvgIpc) is 2.13. The zero-order chi connectivity index (χ0) is 57.7. The number of aromatic nitrogens is 5. The van der Waals surface area contributed by atoms with E-state index in [1.54, 1.807) is 0 Å². The second-order valence-electron chi connectivity index (χ2n) is 23.8. The molecule has 0 spiro atoms. The Balaban J connectivity index is 0.00000672. The fraction of sp³-hybridized carbons (Fsp3) is 0.182. The quantitative estimate of drug-likeness (QED) is 0.0900. The molecule has 14 rings (SSSR count). The number of benzene rings is 10. The van der Waals surface area contributed by atoms with Crippen molar-refractivity contribution in [2.75, 3.05) is 0 Å². The molecule has 4 aromatic heterocycles. The standard InChI is InChI=1S/C77H65N5O2.Pt/c1-44(2)61-38-54(50-22-13-11-14-23-50)39-62(45(3)4)72(61)81-69-30-19-17-28-67(69)79-76(81)53-26-21-27-56(37-53)83-57-42-65-60-35-34-58-59(33-32-52-36-48(9)78-49(10)71(52)58)74(60)84-75(65)66(43-57)77-80-68-29-18-20-31-70(68)82(77)73-63(46(5)6)40-55(41-64(73)47(7)8)51-24-15-12-16-25-51;/h11-36,38-42,44-47H,1-10H3;/q-2;+2. The molecule has 0 aliphatic rings. The molecule has 0 amide bonds. The predicted molar refractivity (Wildman–Crippen MR) is 348 cm³/mol. The van der Waals surface area contributed by atoms with Crippen molar-refractivity contribution in [2.24, 2.45) is 0 Å². The second-order valence-corrected chi connectivity index (χ2v) is 23.8. The molecular formula is C77H65N5O2Pt. The molecule has 420 valence electrons. The maximum absolute atomic E-state index is 7.35. The van der Waals surface area contributed by atoms with E-state index in [0.29, 0.717) is 28.5 Å². The van der Waals surface area contributed by atoms with Crippen LogP contribution in [0, 0.1) is 26.0 Å². The van der Waals surface area contributed by atoms with Crippen LogP contribution in [0.15, 0.2) is 192 Å². The summed E-state index contributed by atoms with van der Waals surface area (Å²) in [6.07, 6.45) is 0. The van der Waals surface area contributed by atoms with Gasteiger partial charge in [-0.2, -0.15) is 0 Å². The molecule has 0 atom stereocenters. The van der Waals surface area contributed by atoms with Gasteiger partial charge in [-0.05, 0) is 147 Å². The van der Waals surface area contributed by atoms with Crippen molar-refractivity contribution < 1.29 is 30.2 Å². The maximum atomic E-state index is 7.35. The van der Waals surface area contributed by atoms with E-state index < -0.39 is 0 Å². The van der Waals surface area contributed by atoms with Crippen molar-refractivity contribution in [3.05, 3.63) is 234 Å². The number of para-hydroxylation sites is 4. The van der Waals surface area contributed by atoms with Gasteiger partial charge in [0.05, 0.1) is 39.3 Å². The molecular weight excluding hydrogens is 1220 g/mol. The molecule has 0 saturated heterocycles. The summed E-state index contributed by atoms with van der Waals surface area (Å²) in [5.74, 6) is 3.28. The van der Waals surface area contributed by atoms with Crippen LogP contribution in [0.4, 0.5) is 0 Å². The summed E-state index contributed by atoms with van der Waals surface area (Å²) in [4.78, 5) is 15.9. The predicted octanol–water partition coefficient (Wildman–Crippen LogP) is 21.1. The Labute approximate surface area is 511 Å². The summed E-state index contributed by atoms with van der Waals surface area (Å²) < 4.78 is 19.3. The van der Waals surface area contributed by atoms with E-state index in [-0.39, 0.29) is 44.7 Å². The van der Waals surface area contributed by atoms with Gasteiger partial charge in [-0.1, -0.05) is 194 Å². The first-order valence-electron chi connectivity index (χ1n) is 29.5. The third-order valence-corrected chi connectivity index (χ3v) is 16.8. The zero-order valence-electron chi connectivity index (χ0n) is 49.6. The Bertz CT molecular complexity index is 4850. The van der Waals surface area contributed by atoms with Gasteiger partial charge in [0.15, 0.2) is 0 Å². The van der Waals surface area contributed by atoms with Crippen LogP contribution in [0.3, 0.4) is 0 Å². The summed E-state index contributed by atoms with van der Waals surface area (Å²) in [5, 5.41) is 6.21. The van der Waals surface area contributed by atoms with Crippen LogP contribution in [0.5, 0.6) is 11.5 Å². The summed E-state index contributed by atoms with van der Waals surface area (Å²) in [6, 6.07) is 74.5. The molecule has 0 radical (unpaired) electrons. The van der Waals surface area contributed by atoms with E-state index in [1.807, 2.05) is 12.1 Å². The summed E-state index contributed by atoms with van der Waals surface area (Å²) in [6.45, 7) is 22.4. The SMILES string of the molecule is Cc1cc2ccc3c(ccc4c5cc(Oc6[c-]c(-c7nc8ccccc8n7-c7c(C(C)C)cc(-c8ccccc8)cc7C(C)C)ccc6)[c-]c(-c6nc7ccccc7n6-c6c(C(C)C)cc(-c7ccccc7)cc6C(C)C)c5oc43)c2c(C)n1.[Pt+2]. The number of nitrogens with zero attached hydrogens (tertiary/aromatic N) is 5. The molecule has 0 aliphatic heterocycles. The van der Waals surface area contributed by atoms with E-state index >= 15 is 0 Å². The summed E-state index contributed by atoms with van der Waals surface area (Å²) in [7, 11) is 0. The number of ether oxygens (including phenoxy) is 1. The van der Waals surface area contributed by atoms with Gasteiger partial charge < -0.3 is 18.3 Å². The first-order chi connectivity index (χ1) is 40.8. The molecule has 4 heterocycles. The van der Waals surface area contributed by atoms with Crippen molar-refractivity contribution >= 4 is 65.6 Å². The average molecular weight is 1290 g/mol. The van der Waals surface area contributed by atoms with Crippen LogP contribution in [0.25, 0.3) is 122 Å². The summed E-state index contributed by atoms with van der Waals surface area (Å²) in [5.41, 5.74) is 20.7. The largest absolute Gasteiger partial charge is 2.00 e. The van der Waals surface area contributed by atoms with Gasteiger partial charge in [0.1, 0.15) is 5.58 Å². The topological polar surface area (TPSA) is 70.9 Å². The molecule has 7 nitrogen and oxygen atoms in total.